The number of halogens is 2. The minimum atomic E-state index is 0. The predicted molar refractivity (Wildman–Crippen MR) is 104 cm³/mol. The van der Waals surface area contributed by atoms with Crippen LogP contribution in [0, 0.1) is 0 Å². The number of hydrogen-bond donors (Lipinski definition) is 1. The van der Waals surface area contributed by atoms with Gasteiger partial charge in [0.15, 0.2) is 0 Å². The average Bonchev–Trinajstić information content (AvgIpc) is 3.27. The molecular formula is C18H25Cl2N5. The molecule has 0 spiro atoms. The quantitative estimate of drug-likeness (QED) is 0.881. The van der Waals surface area contributed by atoms with Crippen molar-refractivity contribution >= 4 is 24.0 Å². The van der Waals surface area contributed by atoms with Crippen LogP contribution in [0.2, 0.25) is 5.02 Å². The van der Waals surface area contributed by atoms with E-state index in [1.807, 2.05) is 35.1 Å². The van der Waals surface area contributed by atoms with Crippen LogP contribution >= 0.6 is 24.0 Å². The summed E-state index contributed by atoms with van der Waals surface area (Å²) in [5.41, 5.74) is 2.32. The summed E-state index contributed by atoms with van der Waals surface area (Å²) >= 11 is 5.95. The molecule has 136 valence electrons. The summed E-state index contributed by atoms with van der Waals surface area (Å²) in [5.74, 6) is 0. The van der Waals surface area contributed by atoms with Gasteiger partial charge < -0.3 is 5.32 Å². The highest BCUT2D eigenvalue weighted by atomic mass is 35.5. The number of aromatic nitrogens is 2. The second-order valence-electron chi connectivity index (χ2n) is 6.73. The average molecular weight is 382 g/mol. The molecule has 0 aliphatic carbocycles. The van der Waals surface area contributed by atoms with Gasteiger partial charge in [0.2, 0.25) is 0 Å². The van der Waals surface area contributed by atoms with Gasteiger partial charge in [-0.1, -0.05) is 11.6 Å². The van der Waals surface area contributed by atoms with Gasteiger partial charge in [0, 0.05) is 68.6 Å². The Hall–Kier alpha value is -1.11. The molecule has 5 nitrogen and oxygen atoms in total. The first-order valence-electron chi connectivity index (χ1n) is 8.74. The van der Waals surface area contributed by atoms with Crippen LogP contribution in [0.1, 0.15) is 12.0 Å². The van der Waals surface area contributed by atoms with E-state index in [-0.39, 0.29) is 12.4 Å². The molecule has 2 aliphatic heterocycles. The number of benzene rings is 1. The van der Waals surface area contributed by atoms with E-state index < -0.39 is 0 Å². The number of rotatable bonds is 4. The third-order valence-corrected chi connectivity index (χ3v) is 5.30. The standard InChI is InChI=1S/C18H24ClN5.ClH/c19-16-1-3-17(4-2-16)24-13-15(11-21-24)12-22-8-5-18(14-22)23-9-6-20-7-10-23;/h1-4,11,13,18,20H,5-10,12,14H2;1H. The first-order valence-corrected chi connectivity index (χ1v) is 9.12. The summed E-state index contributed by atoms with van der Waals surface area (Å²) in [5, 5.41) is 8.68. The fraction of sp³-hybridized carbons (Fsp3) is 0.500. The molecule has 4 rings (SSSR count). The number of nitrogens with one attached hydrogen (secondary N) is 1. The van der Waals surface area contributed by atoms with Crippen LogP contribution in [-0.4, -0.2) is 64.9 Å². The molecule has 3 heterocycles. The predicted octanol–water partition coefficient (Wildman–Crippen LogP) is 2.43. The van der Waals surface area contributed by atoms with E-state index in [0.717, 1.165) is 36.4 Å². The minimum Gasteiger partial charge on any atom is -0.314 e. The van der Waals surface area contributed by atoms with Crippen molar-refractivity contribution < 1.29 is 0 Å². The molecule has 1 N–H and O–H groups in total. The maximum atomic E-state index is 5.95. The van der Waals surface area contributed by atoms with Gasteiger partial charge in [0.05, 0.1) is 11.9 Å². The molecule has 0 bridgehead atoms. The van der Waals surface area contributed by atoms with Gasteiger partial charge in [-0.2, -0.15) is 5.10 Å². The second kappa shape index (κ2) is 8.52. The summed E-state index contributed by atoms with van der Waals surface area (Å²) in [6, 6.07) is 8.51. The third-order valence-electron chi connectivity index (χ3n) is 5.05. The lowest BCUT2D eigenvalue weighted by molar-refractivity contribution is 0.170. The lowest BCUT2D eigenvalue weighted by Crippen LogP contribution is -2.49. The van der Waals surface area contributed by atoms with Gasteiger partial charge in [0.1, 0.15) is 0 Å². The fourth-order valence-electron chi connectivity index (χ4n) is 3.74. The highest BCUT2D eigenvalue weighted by Gasteiger charge is 2.28. The van der Waals surface area contributed by atoms with Crippen LogP contribution in [0.4, 0.5) is 0 Å². The largest absolute Gasteiger partial charge is 0.314 e. The molecule has 0 radical (unpaired) electrons. The number of likely N-dealkylation sites (tertiary alicyclic amines) is 1. The molecule has 1 aromatic heterocycles. The molecule has 2 fully saturated rings. The van der Waals surface area contributed by atoms with Gasteiger partial charge in [-0.25, -0.2) is 4.68 Å². The molecule has 1 aromatic carbocycles. The molecular weight excluding hydrogens is 357 g/mol. The van der Waals surface area contributed by atoms with Crippen molar-refractivity contribution in [1.82, 2.24) is 24.9 Å². The summed E-state index contributed by atoms with van der Waals surface area (Å²) in [7, 11) is 0. The van der Waals surface area contributed by atoms with E-state index in [4.69, 9.17) is 11.6 Å². The van der Waals surface area contributed by atoms with Crippen LogP contribution in [-0.2, 0) is 6.54 Å². The summed E-state index contributed by atoms with van der Waals surface area (Å²) in [4.78, 5) is 5.20. The highest BCUT2D eigenvalue weighted by Crippen LogP contribution is 2.19. The number of nitrogens with zero attached hydrogens (tertiary/aromatic N) is 4. The molecule has 1 atom stereocenters. The van der Waals surface area contributed by atoms with Crippen LogP contribution in [0.3, 0.4) is 0 Å². The Kier molecular flexibility index (Phi) is 6.36. The summed E-state index contributed by atoms with van der Waals surface area (Å²) in [6.45, 7) is 7.97. The zero-order valence-corrected chi connectivity index (χ0v) is 15.8. The van der Waals surface area contributed by atoms with Gasteiger partial charge >= 0.3 is 0 Å². The van der Waals surface area contributed by atoms with Crippen molar-refractivity contribution in [3.8, 4) is 5.69 Å². The molecule has 1 unspecified atom stereocenters. The second-order valence-corrected chi connectivity index (χ2v) is 7.17. The molecule has 25 heavy (non-hydrogen) atoms. The van der Waals surface area contributed by atoms with Crippen molar-refractivity contribution in [1.29, 1.82) is 0 Å². The van der Waals surface area contributed by atoms with Crippen molar-refractivity contribution in [2.45, 2.75) is 19.0 Å². The molecule has 2 saturated heterocycles. The molecule has 2 aromatic rings. The monoisotopic (exact) mass is 381 g/mol. The zero-order valence-electron chi connectivity index (χ0n) is 14.3. The highest BCUT2D eigenvalue weighted by molar-refractivity contribution is 6.30. The number of hydrogen-bond acceptors (Lipinski definition) is 4. The van der Waals surface area contributed by atoms with E-state index in [2.05, 4.69) is 26.4 Å². The van der Waals surface area contributed by atoms with Crippen LogP contribution in [0.5, 0.6) is 0 Å². The van der Waals surface area contributed by atoms with Crippen molar-refractivity contribution in [3.63, 3.8) is 0 Å². The van der Waals surface area contributed by atoms with E-state index >= 15 is 0 Å². The molecule has 2 aliphatic rings. The SMILES string of the molecule is Cl.Clc1ccc(-n2cc(CN3CCC(N4CCNCC4)C3)cn2)cc1. The Morgan fingerprint density at radius 1 is 1.12 bits per heavy atom. The van der Waals surface area contributed by atoms with Gasteiger partial charge in [-0.15, -0.1) is 12.4 Å². The van der Waals surface area contributed by atoms with Crippen molar-refractivity contribution in [3.05, 3.63) is 47.2 Å². The first kappa shape index (κ1) is 18.7. The van der Waals surface area contributed by atoms with E-state index in [0.29, 0.717) is 0 Å². The fourth-order valence-corrected chi connectivity index (χ4v) is 3.86. The van der Waals surface area contributed by atoms with E-state index in [1.54, 1.807) is 0 Å². The number of piperazine rings is 1. The minimum absolute atomic E-state index is 0. The van der Waals surface area contributed by atoms with E-state index in [1.165, 1.54) is 38.2 Å². The Labute approximate surface area is 160 Å². The molecule has 7 heteroatoms. The Morgan fingerprint density at radius 3 is 2.64 bits per heavy atom. The summed E-state index contributed by atoms with van der Waals surface area (Å²) in [6.07, 6.45) is 5.39. The topological polar surface area (TPSA) is 36.3 Å². The molecule has 0 amide bonds. The smallest absolute Gasteiger partial charge is 0.0646 e. The van der Waals surface area contributed by atoms with Crippen LogP contribution < -0.4 is 5.32 Å². The maximum Gasteiger partial charge on any atom is 0.0646 e. The van der Waals surface area contributed by atoms with Crippen molar-refractivity contribution in [2.24, 2.45) is 0 Å². The van der Waals surface area contributed by atoms with Crippen LogP contribution in [0.15, 0.2) is 36.7 Å². The van der Waals surface area contributed by atoms with Gasteiger partial charge in [0.25, 0.3) is 0 Å². The third kappa shape index (κ3) is 4.54. The Balaban J connectivity index is 0.00000182. The van der Waals surface area contributed by atoms with Crippen LogP contribution in [0.25, 0.3) is 5.69 Å². The molecule has 0 saturated carbocycles. The Morgan fingerprint density at radius 2 is 1.88 bits per heavy atom. The lowest BCUT2D eigenvalue weighted by atomic mass is 10.2. The zero-order chi connectivity index (χ0) is 16.4. The maximum absolute atomic E-state index is 5.95. The normalized spacial score (nSPS) is 22.0. The van der Waals surface area contributed by atoms with E-state index in [9.17, 15) is 0 Å². The first-order chi connectivity index (χ1) is 11.8. The lowest BCUT2D eigenvalue weighted by Gasteiger charge is -2.32. The summed E-state index contributed by atoms with van der Waals surface area (Å²) < 4.78 is 1.93. The Bertz CT molecular complexity index is 666. The van der Waals surface area contributed by atoms with Gasteiger partial charge in [-0.05, 0) is 30.7 Å². The van der Waals surface area contributed by atoms with Crippen molar-refractivity contribution in [2.75, 3.05) is 39.3 Å². The van der Waals surface area contributed by atoms with Gasteiger partial charge in [-0.3, -0.25) is 9.80 Å².